The number of fused-ring (bicyclic) bond motifs is 12. The van der Waals surface area contributed by atoms with Gasteiger partial charge in [-0.3, -0.25) is 4.98 Å². The van der Waals surface area contributed by atoms with Crippen molar-refractivity contribution in [3.63, 3.8) is 0 Å². The van der Waals surface area contributed by atoms with E-state index >= 15 is 0 Å². The second kappa shape index (κ2) is 10.7. The monoisotopic (exact) mass is 663 g/mol. The summed E-state index contributed by atoms with van der Waals surface area (Å²) in [6.07, 6.45) is 1.92. The third-order valence-electron chi connectivity index (χ3n) is 11.4. The van der Waals surface area contributed by atoms with E-state index in [0.29, 0.717) is 0 Å². The maximum absolute atomic E-state index is 5.21. The van der Waals surface area contributed by atoms with Crippen LogP contribution in [0.4, 0.5) is 0 Å². The van der Waals surface area contributed by atoms with Crippen LogP contribution in [0.3, 0.4) is 0 Å². The highest BCUT2D eigenvalue weighted by molar-refractivity contribution is 6.23. The summed E-state index contributed by atoms with van der Waals surface area (Å²) in [7, 11) is 0. The molecule has 0 spiro atoms. The number of nitrogens with zero attached hydrogens (tertiary/aromatic N) is 3. The van der Waals surface area contributed by atoms with Crippen molar-refractivity contribution in [1.82, 2.24) is 14.5 Å². The van der Waals surface area contributed by atoms with Crippen molar-refractivity contribution in [3.8, 4) is 39.2 Å². The molecule has 3 heteroatoms. The van der Waals surface area contributed by atoms with Crippen LogP contribution in [0.25, 0.3) is 93.6 Å². The largest absolute Gasteiger partial charge is 0.309 e. The number of hydrogen-bond acceptors (Lipinski definition) is 2. The molecule has 2 heterocycles. The maximum Gasteiger partial charge on any atom is 0.0979 e. The molecule has 10 aromatic rings. The molecule has 0 saturated heterocycles. The Morgan fingerprint density at radius 2 is 0.942 bits per heavy atom. The SMILES string of the molecule is CC1(C)c2cc(-c3ccc(-c4cnc5c6ccccc6c6ccccc6c5n4)cc3)ccc2-c2ccc(-n3c4ccccc4c4ccccc43)cc21. The first kappa shape index (κ1) is 29.2. The van der Waals surface area contributed by atoms with Crippen LogP contribution in [0.5, 0.6) is 0 Å². The number of para-hydroxylation sites is 2. The molecule has 11 rings (SSSR count). The fourth-order valence-electron chi connectivity index (χ4n) is 8.84. The van der Waals surface area contributed by atoms with E-state index in [-0.39, 0.29) is 5.41 Å². The smallest absolute Gasteiger partial charge is 0.0979 e. The standard InChI is InChI=1S/C49H33N3/c1-49(2)42-27-32(23-25-36(42)37-26-24-33(28-43(37)49)52-45-17-9-7-13-38(45)39-14-8-10-18-46(39)52)30-19-21-31(22-20-30)44-29-50-47-40-15-5-3-11-34(40)35-12-4-6-16-41(35)48(47)51-44/h3-29H,1-2H3. The Morgan fingerprint density at radius 1 is 0.442 bits per heavy atom. The molecular formula is C49H33N3. The van der Waals surface area contributed by atoms with Gasteiger partial charge in [-0.2, -0.15) is 0 Å². The van der Waals surface area contributed by atoms with E-state index in [1.165, 1.54) is 71.6 Å². The van der Waals surface area contributed by atoms with Gasteiger partial charge in [0.25, 0.3) is 0 Å². The normalized spacial score (nSPS) is 13.3. The van der Waals surface area contributed by atoms with E-state index in [0.717, 1.165) is 33.1 Å². The molecule has 2 aromatic heterocycles. The minimum Gasteiger partial charge on any atom is -0.309 e. The van der Waals surface area contributed by atoms with Gasteiger partial charge in [-0.1, -0.05) is 141 Å². The van der Waals surface area contributed by atoms with Crippen LogP contribution in [0.1, 0.15) is 25.0 Å². The van der Waals surface area contributed by atoms with Crippen molar-refractivity contribution in [2.45, 2.75) is 19.3 Å². The molecule has 0 saturated carbocycles. The number of benzene rings is 8. The Morgan fingerprint density at radius 3 is 1.60 bits per heavy atom. The molecule has 1 aliphatic rings. The first-order valence-electron chi connectivity index (χ1n) is 18.0. The quantitative estimate of drug-likeness (QED) is 0.176. The van der Waals surface area contributed by atoms with Gasteiger partial charge in [0, 0.05) is 38.2 Å². The average Bonchev–Trinajstić information content (AvgIpc) is 3.66. The van der Waals surface area contributed by atoms with E-state index < -0.39 is 0 Å². The zero-order valence-corrected chi connectivity index (χ0v) is 28.9. The zero-order valence-electron chi connectivity index (χ0n) is 28.9. The van der Waals surface area contributed by atoms with Gasteiger partial charge in [0.15, 0.2) is 0 Å². The van der Waals surface area contributed by atoms with E-state index in [1.54, 1.807) is 0 Å². The van der Waals surface area contributed by atoms with Gasteiger partial charge in [-0.15, -0.1) is 0 Å². The molecular weight excluding hydrogens is 631 g/mol. The van der Waals surface area contributed by atoms with E-state index in [2.05, 4.69) is 176 Å². The maximum atomic E-state index is 5.21. The van der Waals surface area contributed by atoms with Gasteiger partial charge >= 0.3 is 0 Å². The van der Waals surface area contributed by atoms with Crippen molar-refractivity contribution in [3.05, 3.63) is 175 Å². The lowest BCUT2D eigenvalue weighted by Crippen LogP contribution is -2.15. The molecule has 0 radical (unpaired) electrons. The summed E-state index contributed by atoms with van der Waals surface area (Å²) >= 11 is 0. The number of aromatic nitrogens is 3. The first-order chi connectivity index (χ1) is 25.5. The van der Waals surface area contributed by atoms with Crippen molar-refractivity contribution < 1.29 is 0 Å². The fourth-order valence-corrected chi connectivity index (χ4v) is 8.84. The number of rotatable bonds is 3. The molecule has 0 fully saturated rings. The van der Waals surface area contributed by atoms with Crippen LogP contribution in [0, 0.1) is 0 Å². The Balaban J connectivity index is 0.962. The molecule has 0 unspecified atom stereocenters. The summed E-state index contributed by atoms with van der Waals surface area (Å²) < 4.78 is 2.42. The van der Waals surface area contributed by atoms with Crippen LogP contribution in [0.2, 0.25) is 0 Å². The number of hydrogen-bond donors (Lipinski definition) is 0. The third-order valence-corrected chi connectivity index (χ3v) is 11.4. The van der Waals surface area contributed by atoms with Crippen LogP contribution in [0.15, 0.2) is 164 Å². The van der Waals surface area contributed by atoms with Gasteiger partial charge in [0.05, 0.1) is 34.0 Å². The Hall–Kier alpha value is -6.58. The summed E-state index contributed by atoms with van der Waals surface area (Å²) in [5.41, 5.74) is 15.1. The zero-order chi connectivity index (χ0) is 34.6. The topological polar surface area (TPSA) is 30.7 Å². The fraction of sp³-hybridized carbons (Fsp3) is 0.0612. The van der Waals surface area contributed by atoms with E-state index in [1.807, 2.05) is 6.20 Å². The summed E-state index contributed by atoms with van der Waals surface area (Å²) in [5.74, 6) is 0. The minimum atomic E-state index is -0.150. The lowest BCUT2D eigenvalue weighted by atomic mass is 9.81. The molecule has 0 aliphatic heterocycles. The summed E-state index contributed by atoms with van der Waals surface area (Å²) in [5, 5.41) is 7.25. The van der Waals surface area contributed by atoms with Crippen LogP contribution in [-0.4, -0.2) is 14.5 Å². The molecule has 8 aromatic carbocycles. The lowest BCUT2D eigenvalue weighted by molar-refractivity contribution is 0.660. The molecule has 0 bridgehead atoms. The molecule has 0 amide bonds. The molecule has 3 nitrogen and oxygen atoms in total. The van der Waals surface area contributed by atoms with Crippen molar-refractivity contribution >= 4 is 54.4 Å². The highest BCUT2D eigenvalue weighted by Gasteiger charge is 2.36. The summed E-state index contributed by atoms with van der Waals surface area (Å²) in [6, 6.07) is 57.3. The summed E-state index contributed by atoms with van der Waals surface area (Å²) in [4.78, 5) is 10.2. The van der Waals surface area contributed by atoms with Crippen LogP contribution in [-0.2, 0) is 5.41 Å². The van der Waals surface area contributed by atoms with Gasteiger partial charge in [-0.25, -0.2) is 4.98 Å². The van der Waals surface area contributed by atoms with E-state index in [4.69, 9.17) is 9.97 Å². The van der Waals surface area contributed by atoms with Crippen molar-refractivity contribution in [2.75, 3.05) is 0 Å². The predicted molar refractivity (Wildman–Crippen MR) is 217 cm³/mol. The van der Waals surface area contributed by atoms with Crippen molar-refractivity contribution in [2.24, 2.45) is 0 Å². The lowest BCUT2D eigenvalue weighted by Gasteiger charge is -2.23. The Bertz CT molecular complexity index is 3000. The van der Waals surface area contributed by atoms with Gasteiger partial charge in [0.1, 0.15) is 0 Å². The van der Waals surface area contributed by atoms with Crippen LogP contribution < -0.4 is 0 Å². The molecule has 244 valence electrons. The molecule has 0 N–H and O–H groups in total. The highest BCUT2D eigenvalue weighted by atomic mass is 15.0. The Kier molecular flexibility index (Phi) is 6.01. The van der Waals surface area contributed by atoms with Gasteiger partial charge in [0.2, 0.25) is 0 Å². The molecule has 1 aliphatic carbocycles. The minimum absolute atomic E-state index is 0.150. The first-order valence-corrected chi connectivity index (χ1v) is 18.0. The van der Waals surface area contributed by atoms with Gasteiger partial charge in [-0.05, 0) is 74.5 Å². The summed E-state index contributed by atoms with van der Waals surface area (Å²) in [6.45, 7) is 4.73. The van der Waals surface area contributed by atoms with E-state index in [9.17, 15) is 0 Å². The highest BCUT2D eigenvalue weighted by Crippen LogP contribution is 2.50. The Labute approximate surface area is 301 Å². The van der Waals surface area contributed by atoms with Crippen molar-refractivity contribution in [1.29, 1.82) is 0 Å². The second-order valence-corrected chi connectivity index (χ2v) is 14.6. The predicted octanol–water partition coefficient (Wildman–Crippen LogP) is 12.7. The van der Waals surface area contributed by atoms with Crippen LogP contribution >= 0.6 is 0 Å². The average molecular weight is 664 g/mol. The third kappa shape index (κ3) is 4.08. The molecule has 0 atom stereocenters. The second-order valence-electron chi connectivity index (χ2n) is 14.6. The molecule has 52 heavy (non-hydrogen) atoms. The van der Waals surface area contributed by atoms with Gasteiger partial charge < -0.3 is 4.57 Å².